The van der Waals surface area contributed by atoms with Gasteiger partial charge in [0.15, 0.2) is 11.0 Å². The summed E-state index contributed by atoms with van der Waals surface area (Å²) in [4.78, 5) is 12.0. The molecular formula is C12H11ClN4O2. The van der Waals surface area contributed by atoms with Gasteiger partial charge in [0.2, 0.25) is 0 Å². The number of methoxy groups -OCH3 is 1. The van der Waals surface area contributed by atoms with E-state index in [1.165, 1.54) is 13.2 Å². The summed E-state index contributed by atoms with van der Waals surface area (Å²) in [5, 5.41) is 10.2. The molecule has 0 saturated heterocycles. The Morgan fingerprint density at radius 1 is 1.32 bits per heavy atom. The first-order valence-corrected chi connectivity index (χ1v) is 5.72. The Morgan fingerprint density at radius 3 is 2.74 bits per heavy atom. The Kier molecular flexibility index (Phi) is 3.82. The van der Waals surface area contributed by atoms with E-state index in [9.17, 15) is 4.79 Å². The number of aromatic nitrogens is 2. The van der Waals surface area contributed by atoms with E-state index in [0.717, 1.165) is 0 Å². The average molecular weight is 279 g/mol. The van der Waals surface area contributed by atoms with Gasteiger partial charge < -0.3 is 15.8 Å². The topological polar surface area (TPSA) is 90.1 Å². The summed E-state index contributed by atoms with van der Waals surface area (Å²) in [6.07, 6.45) is 0. The van der Waals surface area contributed by atoms with Crippen molar-refractivity contribution in [3.8, 4) is 5.75 Å². The highest BCUT2D eigenvalue weighted by atomic mass is 35.5. The standard InChI is InChI=1S/C12H11ClN4O2/c1-19-9-6-7(2-3-8(9)14)12(18)15-11-5-4-10(13)16-17-11/h2-6H,14H2,1H3,(H,15,17,18). The summed E-state index contributed by atoms with van der Waals surface area (Å²) in [6, 6.07) is 7.83. The predicted molar refractivity (Wildman–Crippen MR) is 72.4 cm³/mol. The Morgan fingerprint density at radius 2 is 2.11 bits per heavy atom. The molecule has 6 nitrogen and oxygen atoms in total. The first kappa shape index (κ1) is 13.1. The third-order valence-corrected chi connectivity index (χ3v) is 2.57. The molecule has 1 aromatic carbocycles. The van der Waals surface area contributed by atoms with Gasteiger partial charge in [0, 0.05) is 5.56 Å². The number of nitrogens with two attached hydrogens (primary N) is 1. The fourth-order valence-electron chi connectivity index (χ4n) is 1.42. The summed E-state index contributed by atoms with van der Waals surface area (Å²) < 4.78 is 5.05. The van der Waals surface area contributed by atoms with E-state index in [0.29, 0.717) is 22.8 Å². The number of carbonyl (C=O) groups excluding carboxylic acids is 1. The van der Waals surface area contributed by atoms with Gasteiger partial charge in [0.1, 0.15) is 5.75 Å². The number of ether oxygens (including phenoxy) is 1. The van der Waals surface area contributed by atoms with Gasteiger partial charge in [0.25, 0.3) is 5.91 Å². The molecule has 0 bridgehead atoms. The molecule has 1 amide bonds. The minimum absolute atomic E-state index is 0.257. The maximum Gasteiger partial charge on any atom is 0.257 e. The van der Waals surface area contributed by atoms with Crippen LogP contribution in [0, 0.1) is 0 Å². The Hall–Kier alpha value is -2.34. The van der Waals surface area contributed by atoms with Crippen molar-refractivity contribution in [2.24, 2.45) is 0 Å². The van der Waals surface area contributed by atoms with Crippen LogP contribution in [0.15, 0.2) is 30.3 Å². The van der Waals surface area contributed by atoms with Crippen LogP contribution in [0.3, 0.4) is 0 Å². The van der Waals surface area contributed by atoms with Crippen LogP contribution in [0.25, 0.3) is 0 Å². The highest BCUT2D eigenvalue weighted by Gasteiger charge is 2.10. The van der Waals surface area contributed by atoms with E-state index < -0.39 is 0 Å². The number of anilines is 2. The SMILES string of the molecule is COc1cc(C(=O)Nc2ccc(Cl)nn2)ccc1N. The number of nitrogens with zero attached hydrogens (tertiary/aromatic N) is 2. The molecule has 1 aromatic heterocycles. The zero-order valence-electron chi connectivity index (χ0n) is 10.1. The molecule has 1 heterocycles. The van der Waals surface area contributed by atoms with Crippen LogP contribution in [0.4, 0.5) is 11.5 Å². The lowest BCUT2D eigenvalue weighted by molar-refractivity contribution is 0.102. The second kappa shape index (κ2) is 5.53. The fraction of sp³-hybridized carbons (Fsp3) is 0.0833. The summed E-state index contributed by atoms with van der Waals surface area (Å²) in [5.74, 6) is 0.412. The maximum atomic E-state index is 12.0. The third-order valence-electron chi connectivity index (χ3n) is 2.37. The highest BCUT2D eigenvalue weighted by Crippen LogP contribution is 2.22. The molecule has 0 atom stereocenters. The number of rotatable bonds is 3. The summed E-state index contributed by atoms with van der Waals surface area (Å²) >= 11 is 5.61. The predicted octanol–water partition coefficient (Wildman–Crippen LogP) is 1.97. The number of benzene rings is 1. The van der Waals surface area contributed by atoms with Crippen molar-refractivity contribution in [3.63, 3.8) is 0 Å². The van der Waals surface area contributed by atoms with Crippen molar-refractivity contribution >= 4 is 29.0 Å². The smallest absolute Gasteiger partial charge is 0.257 e. The fourth-order valence-corrected chi connectivity index (χ4v) is 1.52. The lowest BCUT2D eigenvalue weighted by Gasteiger charge is -2.07. The molecule has 7 heteroatoms. The molecule has 0 aliphatic heterocycles. The number of halogens is 1. The van der Waals surface area contributed by atoms with E-state index in [2.05, 4.69) is 15.5 Å². The third kappa shape index (κ3) is 3.11. The molecule has 98 valence electrons. The van der Waals surface area contributed by atoms with E-state index in [4.69, 9.17) is 22.1 Å². The van der Waals surface area contributed by atoms with Crippen molar-refractivity contribution in [3.05, 3.63) is 41.0 Å². The molecule has 3 N–H and O–H groups in total. The number of amides is 1. The van der Waals surface area contributed by atoms with E-state index in [1.807, 2.05) is 0 Å². The van der Waals surface area contributed by atoms with Gasteiger partial charge in [-0.15, -0.1) is 10.2 Å². The van der Waals surface area contributed by atoms with Gasteiger partial charge >= 0.3 is 0 Å². The monoisotopic (exact) mass is 278 g/mol. The van der Waals surface area contributed by atoms with E-state index in [-0.39, 0.29) is 11.1 Å². The van der Waals surface area contributed by atoms with Crippen LogP contribution in [-0.4, -0.2) is 23.2 Å². The molecular weight excluding hydrogens is 268 g/mol. The Labute approximate surface area is 114 Å². The van der Waals surface area contributed by atoms with Crippen LogP contribution in [0.2, 0.25) is 5.15 Å². The van der Waals surface area contributed by atoms with Crippen LogP contribution >= 0.6 is 11.6 Å². The molecule has 0 radical (unpaired) electrons. The van der Waals surface area contributed by atoms with Gasteiger partial charge in [-0.3, -0.25) is 4.79 Å². The van der Waals surface area contributed by atoms with Crippen molar-refractivity contribution in [2.75, 3.05) is 18.2 Å². The Bertz CT molecular complexity index is 601. The lowest BCUT2D eigenvalue weighted by Crippen LogP contribution is -2.13. The van der Waals surface area contributed by atoms with E-state index in [1.54, 1.807) is 24.3 Å². The van der Waals surface area contributed by atoms with Crippen LogP contribution < -0.4 is 15.8 Å². The largest absolute Gasteiger partial charge is 0.495 e. The number of carbonyl (C=O) groups is 1. The normalized spacial score (nSPS) is 10.0. The molecule has 2 rings (SSSR count). The number of nitrogen functional groups attached to an aromatic ring is 1. The molecule has 0 spiro atoms. The Balaban J connectivity index is 2.18. The van der Waals surface area contributed by atoms with Crippen molar-refractivity contribution in [2.45, 2.75) is 0 Å². The molecule has 0 unspecified atom stereocenters. The molecule has 0 aliphatic carbocycles. The van der Waals surface area contributed by atoms with Gasteiger partial charge in [-0.25, -0.2) is 0 Å². The molecule has 0 fully saturated rings. The van der Waals surface area contributed by atoms with Crippen LogP contribution in [0.5, 0.6) is 5.75 Å². The maximum absolute atomic E-state index is 12.0. The van der Waals surface area contributed by atoms with Gasteiger partial charge in [-0.1, -0.05) is 11.6 Å². The minimum atomic E-state index is -0.338. The number of hydrogen-bond donors (Lipinski definition) is 2. The van der Waals surface area contributed by atoms with E-state index >= 15 is 0 Å². The average Bonchev–Trinajstić information content (AvgIpc) is 2.42. The zero-order valence-corrected chi connectivity index (χ0v) is 10.8. The molecule has 2 aromatic rings. The summed E-state index contributed by atoms with van der Waals surface area (Å²) in [7, 11) is 1.48. The van der Waals surface area contributed by atoms with Gasteiger partial charge in [-0.05, 0) is 30.3 Å². The summed E-state index contributed by atoms with van der Waals surface area (Å²) in [5.41, 5.74) is 6.54. The van der Waals surface area contributed by atoms with Gasteiger partial charge in [0.05, 0.1) is 12.8 Å². The quantitative estimate of drug-likeness (QED) is 0.838. The molecule has 19 heavy (non-hydrogen) atoms. The van der Waals surface area contributed by atoms with Crippen LogP contribution in [0.1, 0.15) is 10.4 Å². The molecule has 0 aliphatic rings. The number of hydrogen-bond acceptors (Lipinski definition) is 5. The lowest BCUT2D eigenvalue weighted by atomic mass is 10.2. The van der Waals surface area contributed by atoms with Crippen LogP contribution in [-0.2, 0) is 0 Å². The van der Waals surface area contributed by atoms with Gasteiger partial charge in [-0.2, -0.15) is 0 Å². The highest BCUT2D eigenvalue weighted by molar-refractivity contribution is 6.29. The second-order valence-electron chi connectivity index (χ2n) is 3.65. The number of nitrogens with one attached hydrogen (secondary N) is 1. The molecule has 0 saturated carbocycles. The zero-order chi connectivity index (χ0) is 13.8. The summed E-state index contributed by atoms with van der Waals surface area (Å²) in [6.45, 7) is 0. The van der Waals surface area contributed by atoms with Crippen molar-refractivity contribution in [1.29, 1.82) is 0 Å². The second-order valence-corrected chi connectivity index (χ2v) is 4.04. The van der Waals surface area contributed by atoms with Crippen molar-refractivity contribution in [1.82, 2.24) is 10.2 Å². The van der Waals surface area contributed by atoms with Crippen molar-refractivity contribution < 1.29 is 9.53 Å². The first-order valence-electron chi connectivity index (χ1n) is 5.34. The minimum Gasteiger partial charge on any atom is -0.495 e. The first-order chi connectivity index (χ1) is 9.10.